The monoisotopic (exact) mass is 272 g/mol. The predicted octanol–water partition coefficient (Wildman–Crippen LogP) is 2.80. The average molecular weight is 272 g/mol. The van der Waals surface area contributed by atoms with Gasteiger partial charge in [-0.15, -0.1) is 0 Å². The summed E-state index contributed by atoms with van der Waals surface area (Å²) in [5.74, 6) is 0.439. The number of nitrogen functional groups attached to an aromatic ring is 1. The number of benzene rings is 1. The molecule has 2 aromatic rings. The number of rotatable bonds is 4. The first-order chi connectivity index (χ1) is 9.47. The molecule has 20 heavy (non-hydrogen) atoms. The number of pyridine rings is 1. The van der Waals surface area contributed by atoms with Gasteiger partial charge in [-0.1, -0.05) is 23.8 Å². The Morgan fingerprint density at radius 2 is 2.05 bits per heavy atom. The number of nitro groups is 1. The molecular weight excluding hydrogens is 256 g/mol. The van der Waals surface area contributed by atoms with E-state index in [1.807, 2.05) is 26.0 Å². The van der Waals surface area contributed by atoms with Crippen LogP contribution in [0.4, 0.5) is 17.3 Å². The molecule has 0 aliphatic carbocycles. The van der Waals surface area contributed by atoms with Crippen LogP contribution in [-0.2, 0) is 6.54 Å². The lowest BCUT2D eigenvalue weighted by Crippen LogP contribution is -2.05. The molecule has 1 aromatic heterocycles. The Bertz CT molecular complexity index is 656. The number of aryl methyl sites for hydroxylation is 2. The van der Waals surface area contributed by atoms with Crippen LogP contribution < -0.4 is 11.1 Å². The number of nitrogens with two attached hydrogens (primary N) is 1. The Morgan fingerprint density at radius 1 is 1.30 bits per heavy atom. The summed E-state index contributed by atoms with van der Waals surface area (Å²) in [4.78, 5) is 14.1. The second-order valence-electron chi connectivity index (χ2n) is 4.64. The van der Waals surface area contributed by atoms with Crippen molar-refractivity contribution in [2.45, 2.75) is 20.4 Å². The summed E-state index contributed by atoms with van der Waals surface area (Å²) in [7, 11) is 0. The molecule has 0 fully saturated rings. The topological polar surface area (TPSA) is 94.1 Å². The van der Waals surface area contributed by atoms with Crippen molar-refractivity contribution < 1.29 is 4.92 Å². The van der Waals surface area contributed by atoms with E-state index in [0.717, 1.165) is 5.56 Å². The molecule has 104 valence electrons. The predicted molar refractivity (Wildman–Crippen MR) is 78.5 cm³/mol. The lowest BCUT2D eigenvalue weighted by Gasteiger charge is -2.09. The molecule has 2 rings (SSSR count). The van der Waals surface area contributed by atoms with Crippen LogP contribution >= 0.6 is 0 Å². The summed E-state index contributed by atoms with van der Waals surface area (Å²) in [6.07, 6.45) is 0. The summed E-state index contributed by atoms with van der Waals surface area (Å²) in [6.45, 7) is 4.68. The molecule has 6 heteroatoms. The highest BCUT2D eigenvalue weighted by Crippen LogP contribution is 2.21. The van der Waals surface area contributed by atoms with Gasteiger partial charge in [-0.2, -0.15) is 0 Å². The minimum atomic E-state index is -0.545. The Balaban J connectivity index is 2.11. The molecule has 1 heterocycles. The van der Waals surface area contributed by atoms with Crippen molar-refractivity contribution in [1.29, 1.82) is 0 Å². The zero-order chi connectivity index (χ0) is 14.7. The van der Waals surface area contributed by atoms with E-state index in [4.69, 9.17) is 5.73 Å². The van der Waals surface area contributed by atoms with Crippen LogP contribution in [0.15, 0.2) is 30.3 Å². The molecule has 3 N–H and O–H groups in total. The largest absolute Gasteiger partial charge is 0.378 e. The van der Waals surface area contributed by atoms with E-state index in [0.29, 0.717) is 12.4 Å². The molecule has 0 saturated heterocycles. The Kier molecular flexibility index (Phi) is 3.84. The first-order valence-electron chi connectivity index (χ1n) is 6.18. The first kappa shape index (κ1) is 13.8. The first-order valence-corrected chi connectivity index (χ1v) is 6.18. The number of aromatic nitrogens is 1. The standard InChI is InChI=1S/C14H16N4O2/c1-9-3-4-11(10(2)7-9)8-16-13-6-5-12(18(19)20)14(15)17-13/h3-7H,8H2,1-2H3,(H3,15,16,17). The number of nitrogens with zero attached hydrogens (tertiary/aromatic N) is 2. The number of anilines is 2. The van der Waals surface area contributed by atoms with Gasteiger partial charge in [0.1, 0.15) is 5.82 Å². The molecule has 1 aromatic carbocycles. The molecule has 0 radical (unpaired) electrons. The van der Waals surface area contributed by atoms with E-state index >= 15 is 0 Å². The van der Waals surface area contributed by atoms with Crippen LogP contribution in [0, 0.1) is 24.0 Å². The van der Waals surface area contributed by atoms with Gasteiger partial charge in [0.2, 0.25) is 5.82 Å². The minimum absolute atomic E-state index is 0.0828. The normalized spacial score (nSPS) is 10.3. The summed E-state index contributed by atoms with van der Waals surface area (Å²) in [6, 6.07) is 9.10. The van der Waals surface area contributed by atoms with Crippen LogP contribution in [0.1, 0.15) is 16.7 Å². The summed E-state index contributed by atoms with van der Waals surface area (Å²) in [5, 5.41) is 13.8. The average Bonchev–Trinajstić information content (AvgIpc) is 2.37. The van der Waals surface area contributed by atoms with Crippen molar-refractivity contribution in [2.24, 2.45) is 0 Å². The van der Waals surface area contributed by atoms with Crippen molar-refractivity contribution in [1.82, 2.24) is 4.98 Å². The Labute approximate surface area is 116 Å². The molecule has 0 unspecified atom stereocenters. The van der Waals surface area contributed by atoms with Gasteiger partial charge in [0.05, 0.1) is 4.92 Å². The molecule has 0 amide bonds. The van der Waals surface area contributed by atoms with Crippen molar-refractivity contribution in [2.75, 3.05) is 11.1 Å². The third-order valence-corrected chi connectivity index (χ3v) is 3.06. The van der Waals surface area contributed by atoms with Gasteiger partial charge in [-0.25, -0.2) is 4.98 Å². The fourth-order valence-corrected chi connectivity index (χ4v) is 1.95. The quantitative estimate of drug-likeness (QED) is 0.659. The summed E-state index contributed by atoms with van der Waals surface area (Å²) < 4.78 is 0. The second kappa shape index (κ2) is 5.56. The number of hydrogen-bond donors (Lipinski definition) is 2. The summed E-state index contributed by atoms with van der Waals surface area (Å²) >= 11 is 0. The van der Waals surface area contributed by atoms with Gasteiger partial charge in [-0.3, -0.25) is 10.1 Å². The fourth-order valence-electron chi connectivity index (χ4n) is 1.95. The second-order valence-corrected chi connectivity index (χ2v) is 4.64. The molecule has 0 atom stereocenters. The van der Waals surface area contributed by atoms with Gasteiger partial charge in [0.25, 0.3) is 0 Å². The van der Waals surface area contributed by atoms with Gasteiger partial charge in [0, 0.05) is 12.6 Å². The van der Waals surface area contributed by atoms with Gasteiger partial charge in [-0.05, 0) is 31.0 Å². The number of nitrogens with one attached hydrogen (secondary N) is 1. The maximum absolute atomic E-state index is 10.7. The molecular formula is C14H16N4O2. The van der Waals surface area contributed by atoms with Crippen LogP contribution in [0.3, 0.4) is 0 Å². The van der Waals surface area contributed by atoms with Crippen LogP contribution in [-0.4, -0.2) is 9.91 Å². The van der Waals surface area contributed by atoms with Crippen LogP contribution in [0.5, 0.6) is 0 Å². The Hall–Kier alpha value is -2.63. The number of hydrogen-bond acceptors (Lipinski definition) is 5. The third kappa shape index (κ3) is 3.03. The maximum Gasteiger partial charge on any atom is 0.311 e. The SMILES string of the molecule is Cc1ccc(CNc2ccc([N+](=O)[O-])c(N)n2)c(C)c1. The molecule has 6 nitrogen and oxygen atoms in total. The maximum atomic E-state index is 10.7. The van der Waals surface area contributed by atoms with E-state index < -0.39 is 4.92 Å². The van der Waals surface area contributed by atoms with Crippen molar-refractivity contribution in [3.05, 3.63) is 57.1 Å². The van der Waals surface area contributed by atoms with Gasteiger partial charge >= 0.3 is 5.69 Å². The van der Waals surface area contributed by atoms with E-state index in [1.165, 1.54) is 17.2 Å². The smallest absolute Gasteiger partial charge is 0.311 e. The highest BCUT2D eigenvalue weighted by atomic mass is 16.6. The van der Waals surface area contributed by atoms with Gasteiger partial charge in [0.15, 0.2) is 0 Å². The van der Waals surface area contributed by atoms with Crippen LogP contribution in [0.2, 0.25) is 0 Å². The van der Waals surface area contributed by atoms with E-state index in [1.54, 1.807) is 6.07 Å². The molecule has 0 saturated carbocycles. The van der Waals surface area contributed by atoms with Crippen molar-refractivity contribution >= 4 is 17.3 Å². The fraction of sp³-hybridized carbons (Fsp3) is 0.214. The highest BCUT2D eigenvalue weighted by Gasteiger charge is 2.12. The highest BCUT2D eigenvalue weighted by molar-refractivity contribution is 5.57. The molecule has 0 aliphatic rings. The summed E-state index contributed by atoms with van der Waals surface area (Å²) in [5.41, 5.74) is 8.92. The van der Waals surface area contributed by atoms with Crippen molar-refractivity contribution in [3.63, 3.8) is 0 Å². The third-order valence-electron chi connectivity index (χ3n) is 3.06. The zero-order valence-electron chi connectivity index (χ0n) is 11.4. The lowest BCUT2D eigenvalue weighted by molar-refractivity contribution is -0.384. The zero-order valence-corrected chi connectivity index (χ0v) is 11.4. The minimum Gasteiger partial charge on any atom is -0.378 e. The van der Waals surface area contributed by atoms with Crippen LogP contribution in [0.25, 0.3) is 0 Å². The van der Waals surface area contributed by atoms with E-state index in [-0.39, 0.29) is 11.5 Å². The van der Waals surface area contributed by atoms with Crippen molar-refractivity contribution in [3.8, 4) is 0 Å². The lowest BCUT2D eigenvalue weighted by atomic mass is 10.1. The van der Waals surface area contributed by atoms with E-state index in [2.05, 4.69) is 16.4 Å². The molecule has 0 bridgehead atoms. The van der Waals surface area contributed by atoms with E-state index in [9.17, 15) is 10.1 Å². The molecule has 0 aliphatic heterocycles. The Morgan fingerprint density at radius 3 is 2.65 bits per heavy atom. The van der Waals surface area contributed by atoms with Gasteiger partial charge < -0.3 is 11.1 Å². The molecule has 0 spiro atoms.